The van der Waals surface area contributed by atoms with Crippen LogP contribution in [0.3, 0.4) is 0 Å². The number of ketones is 2. The molecule has 0 aliphatic carbocycles. The third kappa shape index (κ3) is 3.57. The molecule has 2 aromatic rings. The van der Waals surface area contributed by atoms with Crippen LogP contribution in [0, 0.1) is 0 Å². The normalized spacial score (nSPS) is 16.4. The molecule has 1 N–H and O–H groups in total. The fourth-order valence-electron chi connectivity index (χ4n) is 2.96. The van der Waals surface area contributed by atoms with E-state index in [0.717, 1.165) is 11.3 Å². The van der Waals surface area contributed by atoms with Gasteiger partial charge in [0, 0.05) is 18.7 Å². The highest BCUT2D eigenvalue weighted by atomic mass is 16.5. The van der Waals surface area contributed by atoms with Gasteiger partial charge < -0.3 is 14.1 Å². The SMILES string of the molecule is CC(=O)c1cccc2c1OB(O)[C@@H](CC(=O)CCc1cocn1)C2. The molecule has 1 aromatic carbocycles. The van der Waals surface area contributed by atoms with Gasteiger partial charge in [-0.25, -0.2) is 4.98 Å². The van der Waals surface area contributed by atoms with Crippen LogP contribution in [0.1, 0.15) is 41.4 Å². The lowest BCUT2D eigenvalue weighted by Crippen LogP contribution is -2.35. The van der Waals surface area contributed by atoms with Crippen molar-refractivity contribution in [2.45, 2.75) is 38.4 Å². The lowest BCUT2D eigenvalue weighted by atomic mass is 9.64. The molecule has 0 radical (unpaired) electrons. The van der Waals surface area contributed by atoms with Crippen LogP contribution >= 0.6 is 0 Å². The van der Waals surface area contributed by atoms with Gasteiger partial charge in [0.25, 0.3) is 0 Å². The monoisotopic (exact) mass is 327 g/mol. The molecule has 1 aromatic heterocycles. The van der Waals surface area contributed by atoms with Crippen molar-refractivity contribution in [1.82, 2.24) is 4.98 Å². The van der Waals surface area contributed by atoms with E-state index in [0.29, 0.717) is 30.6 Å². The van der Waals surface area contributed by atoms with E-state index in [1.165, 1.54) is 19.6 Å². The highest BCUT2D eigenvalue weighted by molar-refractivity contribution is 6.47. The Bertz CT molecular complexity index is 743. The number of fused-ring (bicyclic) bond motifs is 1. The topological polar surface area (TPSA) is 89.6 Å². The number of hydrogen-bond donors (Lipinski definition) is 1. The first-order valence-corrected chi connectivity index (χ1v) is 7.91. The number of hydrogen-bond acceptors (Lipinski definition) is 6. The number of aryl methyl sites for hydroxylation is 1. The Balaban J connectivity index is 1.64. The van der Waals surface area contributed by atoms with Gasteiger partial charge in [-0.15, -0.1) is 0 Å². The predicted molar refractivity (Wildman–Crippen MR) is 86.9 cm³/mol. The van der Waals surface area contributed by atoms with Crippen LogP contribution in [-0.4, -0.2) is 28.7 Å². The van der Waals surface area contributed by atoms with E-state index in [1.807, 2.05) is 6.07 Å². The average Bonchev–Trinajstić information content (AvgIpc) is 3.06. The van der Waals surface area contributed by atoms with Gasteiger partial charge in [-0.3, -0.25) is 9.59 Å². The first kappa shape index (κ1) is 16.5. The van der Waals surface area contributed by atoms with Gasteiger partial charge >= 0.3 is 7.12 Å². The van der Waals surface area contributed by atoms with Gasteiger partial charge in [-0.1, -0.05) is 12.1 Å². The van der Waals surface area contributed by atoms with Crippen molar-refractivity contribution in [2.24, 2.45) is 0 Å². The van der Waals surface area contributed by atoms with Gasteiger partial charge in [-0.05, 0) is 31.4 Å². The average molecular weight is 327 g/mol. The highest BCUT2D eigenvalue weighted by Gasteiger charge is 2.37. The van der Waals surface area contributed by atoms with Crippen LogP contribution in [-0.2, 0) is 17.6 Å². The van der Waals surface area contributed by atoms with Gasteiger partial charge in [0.2, 0.25) is 0 Å². The number of para-hydroxylation sites is 1. The Morgan fingerprint density at radius 2 is 2.25 bits per heavy atom. The number of benzene rings is 1. The molecule has 7 heteroatoms. The van der Waals surface area contributed by atoms with Crippen LogP contribution in [0.2, 0.25) is 5.82 Å². The molecule has 0 amide bonds. The van der Waals surface area contributed by atoms with Crippen LogP contribution in [0.5, 0.6) is 5.75 Å². The Morgan fingerprint density at radius 3 is 2.96 bits per heavy atom. The molecule has 0 saturated carbocycles. The summed E-state index contributed by atoms with van der Waals surface area (Å²) in [7, 11) is -1.09. The van der Waals surface area contributed by atoms with Crippen molar-refractivity contribution in [3.8, 4) is 5.75 Å². The maximum absolute atomic E-state index is 12.2. The number of carbonyl (C=O) groups is 2. The van der Waals surface area contributed by atoms with E-state index < -0.39 is 7.12 Å². The van der Waals surface area contributed by atoms with Crippen molar-refractivity contribution in [2.75, 3.05) is 0 Å². The summed E-state index contributed by atoms with van der Waals surface area (Å²) >= 11 is 0. The standard InChI is InChI=1S/C17H18BNO5/c1-11(20)16-4-2-3-12-7-13(18(22)24-17(12)16)8-15(21)6-5-14-9-23-10-19-14/h2-4,9-10,13,22H,5-8H2,1H3/t13-/m1/s1. The number of rotatable bonds is 6. The second kappa shape index (κ2) is 7.01. The molecule has 0 unspecified atom stereocenters. The molecule has 3 rings (SSSR count). The summed E-state index contributed by atoms with van der Waals surface area (Å²) in [6.45, 7) is 1.46. The number of aromatic nitrogens is 1. The lowest BCUT2D eigenvalue weighted by Gasteiger charge is -2.28. The second-order valence-electron chi connectivity index (χ2n) is 6.05. The van der Waals surface area contributed by atoms with Gasteiger partial charge in [0.05, 0.1) is 11.3 Å². The second-order valence-corrected chi connectivity index (χ2v) is 6.05. The zero-order chi connectivity index (χ0) is 17.1. The molecule has 2 heterocycles. The number of nitrogens with zero attached hydrogens (tertiary/aromatic N) is 1. The Morgan fingerprint density at radius 1 is 1.42 bits per heavy atom. The molecule has 0 saturated heterocycles. The molecule has 1 aliphatic heterocycles. The minimum atomic E-state index is -1.09. The molecule has 0 spiro atoms. The van der Waals surface area contributed by atoms with Crippen molar-refractivity contribution < 1.29 is 23.7 Å². The molecule has 24 heavy (non-hydrogen) atoms. The van der Waals surface area contributed by atoms with Crippen LogP contribution in [0.4, 0.5) is 0 Å². The van der Waals surface area contributed by atoms with Crippen molar-refractivity contribution >= 4 is 18.7 Å². The first-order valence-electron chi connectivity index (χ1n) is 7.91. The third-order valence-electron chi connectivity index (χ3n) is 4.23. The smallest absolute Gasteiger partial charge is 0.526 e. The Labute approximate surface area is 140 Å². The summed E-state index contributed by atoms with van der Waals surface area (Å²) in [6.07, 6.45) is 4.45. The Kier molecular flexibility index (Phi) is 4.80. The maximum atomic E-state index is 12.2. The van der Waals surface area contributed by atoms with E-state index in [9.17, 15) is 14.6 Å². The molecular weight excluding hydrogens is 309 g/mol. The molecular formula is C17H18BNO5. The molecule has 1 atom stereocenters. The highest BCUT2D eigenvalue weighted by Crippen LogP contribution is 2.36. The van der Waals surface area contributed by atoms with Crippen molar-refractivity contribution in [3.05, 3.63) is 47.7 Å². The maximum Gasteiger partial charge on any atom is 0.526 e. The molecule has 124 valence electrons. The van der Waals surface area contributed by atoms with Gasteiger partial charge in [0.15, 0.2) is 12.2 Å². The zero-order valence-corrected chi connectivity index (χ0v) is 13.4. The fourth-order valence-corrected chi connectivity index (χ4v) is 2.96. The quantitative estimate of drug-likeness (QED) is 0.646. The largest absolute Gasteiger partial charge is 0.535 e. The molecule has 0 fully saturated rings. The van der Waals surface area contributed by atoms with E-state index in [1.54, 1.807) is 12.1 Å². The Hall–Kier alpha value is -2.41. The minimum absolute atomic E-state index is 0.0387. The summed E-state index contributed by atoms with van der Waals surface area (Å²) in [5, 5.41) is 10.2. The number of Topliss-reactive ketones (excluding diaryl/α,β-unsaturated/α-hetero) is 2. The fraction of sp³-hybridized carbons (Fsp3) is 0.353. The van der Waals surface area contributed by atoms with Crippen LogP contribution in [0.15, 0.2) is 35.3 Å². The first-order chi connectivity index (χ1) is 11.5. The van der Waals surface area contributed by atoms with Gasteiger partial charge in [0.1, 0.15) is 17.8 Å². The van der Waals surface area contributed by atoms with E-state index in [2.05, 4.69) is 4.98 Å². The molecule has 0 bridgehead atoms. The zero-order valence-electron chi connectivity index (χ0n) is 13.4. The van der Waals surface area contributed by atoms with Crippen molar-refractivity contribution in [3.63, 3.8) is 0 Å². The molecule has 6 nitrogen and oxygen atoms in total. The molecule has 1 aliphatic rings. The number of oxazole rings is 1. The summed E-state index contributed by atoms with van der Waals surface area (Å²) in [5.74, 6) is 0.0475. The summed E-state index contributed by atoms with van der Waals surface area (Å²) in [5.41, 5.74) is 2.05. The summed E-state index contributed by atoms with van der Waals surface area (Å²) in [4.78, 5) is 27.8. The minimum Gasteiger partial charge on any atom is -0.535 e. The number of carbonyl (C=O) groups excluding carboxylic acids is 2. The van der Waals surface area contributed by atoms with E-state index >= 15 is 0 Å². The lowest BCUT2D eigenvalue weighted by molar-refractivity contribution is -0.119. The van der Waals surface area contributed by atoms with Gasteiger partial charge in [-0.2, -0.15) is 0 Å². The predicted octanol–water partition coefficient (Wildman–Crippen LogP) is 2.25. The van der Waals surface area contributed by atoms with E-state index in [-0.39, 0.29) is 23.8 Å². The van der Waals surface area contributed by atoms with Crippen LogP contribution < -0.4 is 4.65 Å². The third-order valence-corrected chi connectivity index (χ3v) is 4.23. The summed E-state index contributed by atoms with van der Waals surface area (Å²) in [6, 6.07) is 5.33. The van der Waals surface area contributed by atoms with Crippen molar-refractivity contribution in [1.29, 1.82) is 0 Å². The summed E-state index contributed by atoms with van der Waals surface area (Å²) < 4.78 is 10.4. The van der Waals surface area contributed by atoms with Crippen LogP contribution in [0.25, 0.3) is 0 Å². The van der Waals surface area contributed by atoms with E-state index in [4.69, 9.17) is 9.07 Å².